The van der Waals surface area contributed by atoms with Gasteiger partial charge in [0.15, 0.2) is 0 Å². The van der Waals surface area contributed by atoms with Crippen molar-refractivity contribution in [1.29, 1.82) is 0 Å². The second kappa shape index (κ2) is 8.40. The fourth-order valence-corrected chi connectivity index (χ4v) is 4.27. The highest BCUT2D eigenvalue weighted by molar-refractivity contribution is 5.79. The molecule has 5 nitrogen and oxygen atoms in total. The topological polar surface area (TPSA) is 42.0 Å². The first-order valence-electron chi connectivity index (χ1n) is 10.1. The van der Waals surface area contributed by atoms with Crippen molar-refractivity contribution in [2.75, 3.05) is 39.5 Å². The Hall–Kier alpha value is -1.59. The highest BCUT2D eigenvalue weighted by Gasteiger charge is 2.29. The number of carbonyl (C=O) groups is 1. The standard InChI is InChI=1S/C21H30N2O3/c24-21(18-7-11-25-16-18)23-10-12-26-20-6-5-17(13-19(20)15-23)14-22-8-3-1-2-4-9-22/h5-6,13,18H,1-4,7-12,14-16H2. The van der Waals surface area contributed by atoms with E-state index in [-0.39, 0.29) is 11.8 Å². The van der Waals surface area contributed by atoms with Crippen molar-refractivity contribution >= 4 is 5.91 Å². The third kappa shape index (κ3) is 4.21. The van der Waals surface area contributed by atoms with E-state index in [9.17, 15) is 4.79 Å². The molecule has 2 saturated heterocycles. The molecule has 3 heterocycles. The van der Waals surface area contributed by atoms with Gasteiger partial charge in [-0.15, -0.1) is 0 Å². The molecule has 1 unspecified atom stereocenters. The molecule has 3 aliphatic heterocycles. The summed E-state index contributed by atoms with van der Waals surface area (Å²) < 4.78 is 11.3. The van der Waals surface area contributed by atoms with Crippen molar-refractivity contribution in [1.82, 2.24) is 9.80 Å². The van der Waals surface area contributed by atoms with Gasteiger partial charge in [-0.3, -0.25) is 9.69 Å². The lowest BCUT2D eigenvalue weighted by Gasteiger charge is -2.23. The second-order valence-corrected chi connectivity index (χ2v) is 7.80. The van der Waals surface area contributed by atoms with Gasteiger partial charge in [-0.05, 0) is 50.0 Å². The maximum absolute atomic E-state index is 12.8. The molecular weight excluding hydrogens is 328 g/mol. The van der Waals surface area contributed by atoms with E-state index >= 15 is 0 Å². The SMILES string of the molecule is O=C(C1CCOC1)N1CCOc2ccc(CN3CCCCCC3)cc2C1. The van der Waals surface area contributed by atoms with Gasteiger partial charge in [0.1, 0.15) is 12.4 Å². The van der Waals surface area contributed by atoms with Crippen LogP contribution in [0.4, 0.5) is 0 Å². The van der Waals surface area contributed by atoms with Gasteiger partial charge in [0.25, 0.3) is 0 Å². The first-order chi connectivity index (χ1) is 12.8. The molecular formula is C21H30N2O3. The zero-order valence-corrected chi connectivity index (χ0v) is 15.6. The molecule has 26 heavy (non-hydrogen) atoms. The number of benzene rings is 1. The summed E-state index contributed by atoms with van der Waals surface area (Å²) in [4.78, 5) is 17.3. The zero-order valence-electron chi connectivity index (χ0n) is 15.6. The summed E-state index contributed by atoms with van der Waals surface area (Å²) in [5.74, 6) is 1.18. The van der Waals surface area contributed by atoms with Gasteiger partial charge in [-0.1, -0.05) is 18.9 Å². The molecule has 5 heteroatoms. The first kappa shape index (κ1) is 17.8. The van der Waals surface area contributed by atoms with E-state index < -0.39 is 0 Å². The van der Waals surface area contributed by atoms with E-state index in [1.807, 2.05) is 4.90 Å². The van der Waals surface area contributed by atoms with Crippen LogP contribution in [0.2, 0.25) is 0 Å². The Labute approximate surface area is 156 Å². The number of amides is 1. The Bertz CT molecular complexity index is 620. The molecule has 1 aromatic carbocycles. The molecule has 0 aliphatic carbocycles. The molecule has 1 atom stereocenters. The third-order valence-electron chi connectivity index (χ3n) is 5.80. The lowest BCUT2D eigenvalue weighted by atomic mass is 10.1. The van der Waals surface area contributed by atoms with Crippen LogP contribution in [0.25, 0.3) is 0 Å². The van der Waals surface area contributed by atoms with Crippen molar-refractivity contribution in [3.63, 3.8) is 0 Å². The minimum absolute atomic E-state index is 0.0248. The minimum Gasteiger partial charge on any atom is -0.491 e. The summed E-state index contributed by atoms with van der Waals surface area (Å²) >= 11 is 0. The second-order valence-electron chi connectivity index (χ2n) is 7.80. The predicted molar refractivity (Wildman–Crippen MR) is 100 cm³/mol. The van der Waals surface area contributed by atoms with Crippen molar-refractivity contribution in [2.45, 2.75) is 45.2 Å². The summed E-state index contributed by atoms with van der Waals surface area (Å²) in [6.07, 6.45) is 6.17. The summed E-state index contributed by atoms with van der Waals surface area (Å²) in [6, 6.07) is 6.53. The van der Waals surface area contributed by atoms with Crippen LogP contribution in [0.5, 0.6) is 5.75 Å². The van der Waals surface area contributed by atoms with Crippen LogP contribution in [0.1, 0.15) is 43.2 Å². The average Bonchev–Trinajstić information content (AvgIpc) is 2.95. The normalized spacial score (nSPS) is 24.5. The van der Waals surface area contributed by atoms with Gasteiger partial charge < -0.3 is 14.4 Å². The van der Waals surface area contributed by atoms with Crippen LogP contribution in [0.3, 0.4) is 0 Å². The molecule has 3 aliphatic rings. The van der Waals surface area contributed by atoms with Gasteiger partial charge in [0, 0.05) is 25.3 Å². The van der Waals surface area contributed by atoms with Gasteiger partial charge in [-0.25, -0.2) is 0 Å². The molecule has 0 radical (unpaired) electrons. The highest BCUT2D eigenvalue weighted by atomic mass is 16.5. The van der Waals surface area contributed by atoms with Gasteiger partial charge in [0.2, 0.25) is 5.91 Å². The Kier molecular flexibility index (Phi) is 5.75. The molecule has 0 N–H and O–H groups in total. The Morgan fingerprint density at radius 2 is 1.92 bits per heavy atom. The van der Waals surface area contributed by atoms with E-state index in [4.69, 9.17) is 9.47 Å². The van der Waals surface area contributed by atoms with Crippen molar-refractivity contribution in [3.8, 4) is 5.75 Å². The summed E-state index contributed by atoms with van der Waals surface area (Å²) in [5.41, 5.74) is 2.47. The van der Waals surface area contributed by atoms with E-state index in [0.29, 0.717) is 32.9 Å². The fourth-order valence-electron chi connectivity index (χ4n) is 4.27. The number of nitrogens with zero attached hydrogens (tertiary/aromatic N) is 2. The van der Waals surface area contributed by atoms with Crippen LogP contribution < -0.4 is 4.74 Å². The van der Waals surface area contributed by atoms with E-state index in [2.05, 4.69) is 23.1 Å². The summed E-state index contributed by atoms with van der Waals surface area (Å²) in [5, 5.41) is 0. The Morgan fingerprint density at radius 3 is 2.69 bits per heavy atom. The zero-order chi connectivity index (χ0) is 17.8. The third-order valence-corrected chi connectivity index (χ3v) is 5.80. The van der Waals surface area contributed by atoms with Gasteiger partial charge in [-0.2, -0.15) is 0 Å². The lowest BCUT2D eigenvalue weighted by molar-refractivity contribution is -0.136. The quantitative estimate of drug-likeness (QED) is 0.833. The number of fused-ring (bicyclic) bond motifs is 1. The smallest absolute Gasteiger partial charge is 0.228 e. The maximum Gasteiger partial charge on any atom is 0.228 e. The van der Waals surface area contributed by atoms with Crippen molar-refractivity contribution in [3.05, 3.63) is 29.3 Å². The molecule has 142 valence electrons. The summed E-state index contributed by atoms with van der Waals surface area (Å²) in [6.45, 7) is 6.54. The number of hydrogen-bond donors (Lipinski definition) is 0. The van der Waals surface area contributed by atoms with E-state index in [1.54, 1.807) is 0 Å². The van der Waals surface area contributed by atoms with Crippen molar-refractivity contribution < 1.29 is 14.3 Å². The first-order valence-corrected chi connectivity index (χ1v) is 10.1. The van der Waals surface area contributed by atoms with E-state index in [0.717, 1.165) is 24.3 Å². The Morgan fingerprint density at radius 1 is 1.08 bits per heavy atom. The molecule has 0 aromatic heterocycles. The molecule has 4 rings (SSSR count). The molecule has 0 spiro atoms. The van der Waals surface area contributed by atoms with Crippen LogP contribution in [0.15, 0.2) is 18.2 Å². The van der Waals surface area contributed by atoms with Crippen molar-refractivity contribution in [2.24, 2.45) is 5.92 Å². The number of hydrogen-bond acceptors (Lipinski definition) is 4. The predicted octanol–water partition coefficient (Wildman–Crippen LogP) is 2.82. The van der Waals surface area contributed by atoms with Crippen LogP contribution >= 0.6 is 0 Å². The minimum atomic E-state index is 0.0248. The molecule has 0 bridgehead atoms. The summed E-state index contributed by atoms with van der Waals surface area (Å²) in [7, 11) is 0. The van der Waals surface area contributed by atoms with Crippen LogP contribution in [0, 0.1) is 5.92 Å². The largest absolute Gasteiger partial charge is 0.491 e. The number of rotatable bonds is 3. The maximum atomic E-state index is 12.8. The van der Waals surface area contributed by atoms with Gasteiger partial charge >= 0.3 is 0 Å². The van der Waals surface area contributed by atoms with Crippen LogP contribution in [-0.4, -0.2) is 55.2 Å². The monoisotopic (exact) mass is 358 g/mol. The molecule has 1 aromatic rings. The number of carbonyl (C=O) groups excluding carboxylic acids is 1. The van der Waals surface area contributed by atoms with Crippen LogP contribution in [-0.2, 0) is 22.6 Å². The number of ether oxygens (including phenoxy) is 2. The van der Waals surface area contributed by atoms with E-state index in [1.165, 1.54) is 44.3 Å². The number of likely N-dealkylation sites (tertiary alicyclic amines) is 1. The highest BCUT2D eigenvalue weighted by Crippen LogP contribution is 2.27. The molecule has 2 fully saturated rings. The Balaban J connectivity index is 1.46. The fraction of sp³-hybridized carbons (Fsp3) is 0.667. The lowest BCUT2D eigenvalue weighted by Crippen LogP contribution is -2.37. The average molecular weight is 358 g/mol. The molecule has 0 saturated carbocycles. The molecule has 1 amide bonds. The van der Waals surface area contributed by atoms with Gasteiger partial charge in [0.05, 0.1) is 19.1 Å².